The predicted molar refractivity (Wildman–Crippen MR) is 101 cm³/mol. The zero-order valence-electron chi connectivity index (χ0n) is 13.4. The Hall–Kier alpha value is -2.45. The Morgan fingerprint density at radius 1 is 1.48 bits per heavy atom. The number of carboxylic acids is 1. The molecule has 1 aliphatic rings. The largest absolute Gasteiger partial charge is 0.497 e. The molecular weight excluding hydrogens is 360 g/mol. The van der Waals surface area contributed by atoms with E-state index in [1.54, 1.807) is 17.9 Å². The van der Waals surface area contributed by atoms with Gasteiger partial charge in [-0.15, -0.1) is 11.3 Å². The van der Waals surface area contributed by atoms with Gasteiger partial charge < -0.3 is 14.9 Å². The molecule has 0 radical (unpaired) electrons. The van der Waals surface area contributed by atoms with Crippen molar-refractivity contribution in [3.8, 4) is 11.6 Å². The number of aliphatic carboxylic acids is 1. The van der Waals surface area contributed by atoms with Crippen molar-refractivity contribution >= 4 is 53.1 Å². The van der Waals surface area contributed by atoms with Crippen molar-refractivity contribution in [3.05, 3.63) is 32.6 Å². The van der Waals surface area contributed by atoms with E-state index in [4.69, 9.17) is 22.1 Å². The topological polar surface area (TPSA) is 84.1 Å². The van der Waals surface area contributed by atoms with E-state index < -0.39 is 5.97 Å². The Morgan fingerprint density at radius 2 is 2.28 bits per heavy atom. The summed E-state index contributed by atoms with van der Waals surface area (Å²) in [6.07, 6.45) is 4.02. The van der Waals surface area contributed by atoms with E-state index >= 15 is 0 Å². The maximum absolute atomic E-state index is 10.6. The smallest absolute Gasteiger partial charge is 0.303 e. The second kappa shape index (κ2) is 7.20. The fourth-order valence-corrected chi connectivity index (χ4v) is 3.86. The summed E-state index contributed by atoms with van der Waals surface area (Å²) in [5.74, 6) is -0.0683. The molecule has 0 amide bonds. The molecule has 0 spiro atoms. The number of thiazole rings is 1. The number of ether oxygens (including phenoxy) is 1. The van der Waals surface area contributed by atoms with Gasteiger partial charge in [0.2, 0.25) is 5.88 Å². The monoisotopic (exact) mass is 376 g/mol. The highest BCUT2D eigenvalue weighted by molar-refractivity contribution is 7.73. The Kier molecular flexibility index (Phi) is 5.00. The summed E-state index contributed by atoms with van der Waals surface area (Å²) in [4.78, 5) is 15.6. The van der Waals surface area contributed by atoms with Gasteiger partial charge in [0.25, 0.3) is 0 Å². The maximum Gasteiger partial charge on any atom is 0.303 e. The lowest BCUT2D eigenvalue weighted by molar-refractivity contribution is -0.137. The standard InChI is InChI=1S/C17H16N2O4S2/c1-23-11-4-5-12-10(9-18-13(12)8-11)7-14-16(22)19(17(24)25-14)6-2-3-15(20)21/h4-5,7-9,22H,2-3,6H2,1H3,(H,20,21)/b10-7+. The summed E-state index contributed by atoms with van der Waals surface area (Å²) in [6.45, 7) is 0.374. The van der Waals surface area contributed by atoms with Crippen LogP contribution in [0.4, 0.5) is 5.69 Å². The van der Waals surface area contributed by atoms with Crippen molar-refractivity contribution in [1.29, 1.82) is 0 Å². The molecular formula is C17H16N2O4S2. The minimum absolute atomic E-state index is 0.0371. The minimum atomic E-state index is -0.863. The van der Waals surface area contributed by atoms with Crippen LogP contribution >= 0.6 is 23.6 Å². The lowest BCUT2D eigenvalue weighted by Crippen LogP contribution is -2.01. The van der Waals surface area contributed by atoms with Crippen LogP contribution in [0.5, 0.6) is 11.6 Å². The highest BCUT2D eigenvalue weighted by Crippen LogP contribution is 2.37. The quantitative estimate of drug-likeness (QED) is 0.741. The summed E-state index contributed by atoms with van der Waals surface area (Å²) in [5, 5.41) is 19.1. The molecule has 2 heterocycles. The molecule has 3 rings (SSSR count). The van der Waals surface area contributed by atoms with Crippen LogP contribution in [0.25, 0.3) is 11.6 Å². The number of fused-ring (bicyclic) bond motifs is 1. The Bertz CT molecular complexity index is 941. The number of benzene rings is 1. The van der Waals surface area contributed by atoms with Gasteiger partial charge >= 0.3 is 5.97 Å². The fraction of sp³-hybridized carbons (Fsp3) is 0.235. The number of hydrogen-bond donors (Lipinski definition) is 2. The third-order valence-electron chi connectivity index (χ3n) is 3.81. The van der Waals surface area contributed by atoms with Crippen LogP contribution in [-0.2, 0) is 11.3 Å². The summed E-state index contributed by atoms with van der Waals surface area (Å²) in [5.41, 5.74) is 2.65. The first-order chi connectivity index (χ1) is 12.0. The van der Waals surface area contributed by atoms with Gasteiger partial charge in [-0.2, -0.15) is 0 Å². The lowest BCUT2D eigenvalue weighted by atomic mass is 10.1. The molecule has 0 saturated heterocycles. The molecule has 1 aromatic heterocycles. The Balaban J connectivity index is 1.88. The van der Waals surface area contributed by atoms with Gasteiger partial charge in [0.15, 0.2) is 3.95 Å². The third-order valence-corrected chi connectivity index (χ3v) is 5.20. The minimum Gasteiger partial charge on any atom is -0.497 e. The van der Waals surface area contributed by atoms with Crippen LogP contribution < -0.4 is 4.74 Å². The first-order valence-corrected chi connectivity index (χ1v) is 8.80. The highest BCUT2D eigenvalue weighted by Gasteiger charge is 2.16. The van der Waals surface area contributed by atoms with Crippen LogP contribution in [0.2, 0.25) is 0 Å². The SMILES string of the molecule is COc1ccc2c(c1)N=C/C2=C\c1sc(=S)n(CCCC(=O)O)c1O. The molecule has 6 nitrogen and oxygen atoms in total. The van der Waals surface area contributed by atoms with Crippen molar-refractivity contribution in [1.82, 2.24) is 4.57 Å². The molecule has 0 atom stereocenters. The number of aromatic nitrogens is 1. The number of methoxy groups -OCH3 is 1. The van der Waals surface area contributed by atoms with Gasteiger partial charge in [0.1, 0.15) is 5.75 Å². The number of allylic oxidation sites excluding steroid dienone is 1. The number of aliphatic imine (C=N–C) groups is 1. The van der Waals surface area contributed by atoms with E-state index in [1.165, 1.54) is 11.3 Å². The summed E-state index contributed by atoms with van der Waals surface area (Å²) < 4.78 is 7.27. The van der Waals surface area contributed by atoms with Crippen LogP contribution in [0.3, 0.4) is 0 Å². The highest BCUT2D eigenvalue weighted by atomic mass is 32.1. The van der Waals surface area contributed by atoms with Crippen LogP contribution in [-0.4, -0.2) is 34.1 Å². The van der Waals surface area contributed by atoms with E-state index in [0.717, 1.165) is 22.6 Å². The van der Waals surface area contributed by atoms with E-state index in [9.17, 15) is 9.90 Å². The first-order valence-electron chi connectivity index (χ1n) is 7.58. The number of aromatic hydroxyl groups is 1. The molecule has 0 fully saturated rings. The van der Waals surface area contributed by atoms with Crippen molar-refractivity contribution in [2.75, 3.05) is 7.11 Å². The normalized spacial score (nSPS) is 14.0. The molecule has 0 bridgehead atoms. The van der Waals surface area contributed by atoms with Crippen LogP contribution in [0.15, 0.2) is 23.2 Å². The number of carbonyl (C=O) groups is 1. The number of rotatable bonds is 6. The lowest BCUT2D eigenvalue weighted by Gasteiger charge is -2.04. The van der Waals surface area contributed by atoms with E-state index in [0.29, 0.717) is 21.8 Å². The molecule has 0 saturated carbocycles. The van der Waals surface area contributed by atoms with Gasteiger partial charge in [-0.25, -0.2) is 0 Å². The number of nitrogens with zero attached hydrogens (tertiary/aromatic N) is 2. The molecule has 8 heteroatoms. The van der Waals surface area contributed by atoms with Crippen molar-refractivity contribution in [2.24, 2.45) is 4.99 Å². The van der Waals surface area contributed by atoms with E-state index in [2.05, 4.69) is 4.99 Å². The third kappa shape index (κ3) is 3.64. The van der Waals surface area contributed by atoms with Crippen LogP contribution in [0, 0.1) is 3.95 Å². The van der Waals surface area contributed by atoms with Gasteiger partial charge in [-0.1, -0.05) is 0 Å². The van der Waals surface area contributed by atoms with E-state index in [-0.39, 0.29) is 12.3 Å². The Labute approximate surface area is 153 Å². The number of hydrogen-bond acceptors (Lipinski definition) is 6. The Morgan fingerprint density at radius 3 is 3.00 bits per heavy atom. The zero-order valence-corrected chi connectivity index (χ0v) is 15.1. The van der Waals surface area contributed by atoms with Gasteiger partial charge in [0, 0.05) is 36.4 Å². The second-order valence-electron chi connectivity index (χ2n) is 5.45. The molecule has 0 unspecified atom stereocenters. The summed E-state index contributed by atoms with van der Waals surface area (Å²) >= 11 is 6.57. The molecule has 2 aromatic rings. The van der Waals surface area contributed by atoms with Gasteiger partial charge in [-0.3, -0.25) is 14.4 Å². The van der Waals surface area contributed by atoms with E-state index in [1.807, 2.05) is 24.3 Å². The van der Waals surface area contributed by atoms with Crippen LogP contribution in [0.1, 0.15) is 23.3 Å². The van der Waals surface area contributed by atoms with Crippen molar-refractivity contribution in [2.45, 2.75) is 19.4 Å². The number of carboxylic acid groups (broad SMARTS) is 1. The average molecular weight is 376 g/mol. The van der Waals surface area contributed by atoms with Crippen molar-refractivity contribution in [3.63, 3.8) is 0 Å². The fourth-order valence-electron chi connectivity index (χ4n) is 2.55. The molecule has 1 aliphatic heterocycles. The molecule has 130 valence electrons. The maximum atomic E-state index is 10.6. The van der Waals surface area contributed by atoms with Gasteiger partial charge in [-0.05, 0) is 36.8 Å². The first kappa shape index (κ1) is 17.4. The molecule has 2 N–H and O–H groups in total. The molecule has 0 aliphatic carbocycles. The average Bonchev–Trinajstić information content (AvgIpc) is 3.10. The summed E-state index contributed by atoms with van der Waals surface area (Å²) in [6, 6.07) is 5.64. The van der Waals surface area contributed by atoms with Crippen molar-refractivity contribution < 1.29 is 19.7 Å². The predicted octanol–water partition coefficient (Wildman–Crippen LogP) is 4.11. The molecule has 25 heavy (non-hydrogen) atoms. The zero-order chi connectivity index (χ0) is 18.0. The second-order valence-corrected chi connectivity index (χ2v) is 7.12. The van der Waals surface area contributed by atoms with Gasteiger partial charge in [0.05, 0.1) is 17.7 Å². The molecule has 1 aromatic carbocycles. The summed E-state index contributed by atoms with van der Waals surface area (Å²) in [7, 11) is 1.61.